The maximum absolute atomic E-state index is 9.78. The zero-order valence-corrected chi connectivity index (χ0v) is 13.2. The third-order valence-corrected chi connectivity index (χ3v) is 5.22. The van der Waals surface area contributed by atoms with Gasteiger partial charge in [0.2, 0.25) is 0 Å². The highest BCUT2D eigenvalue weighted by atomic mass is 14.4. The molecule has 0 heterocycles. The van der Waals surface area contributed by atoms with Crippen LogP contribution in [-0.4, -0.2) is 0 Å². The van der Waals surface area contributed by atoms with Gasteiger partial charge in [-0.2, -0.15) is 5.26 Å². The van der Waals surface area contributed by atoms with Crippen LogP contribution in [0.25, 0.3) is 22.8 Å². The Morgan fingerprint density at radius 2 is 1.54 bits per heavy atom. The Kier molecular flexibility index (Phi) is 2.75. The molecule has 0 bridgehead atoms. The Balaban J connectivity index is 1.70. The lowest BCUT2D eigenvalue weighted by atomic mass is 9.88. The van der Waals surface area contributed by atoms with Crippen LogP contribution in [-0.2, 0) is 6.42 Å². The number of rotatable bonds is 1. The van der Waals surface area contributed by atoms with Crippen molar-refractivity contribution in [3.8, 4) is 17.2 Å². The van der Waals surface area contributed by atoms with Crippen molar-refractivity contribution in [1.29, 1.82) is 5.26 Å². The molecule has 0 saturated heterocycles. The Morgan fingerprint density at radius 3 is 2.46 bits per heavy atom. The summed E-state index contributed by atoms with van der Waals surface area (Å²) in [5, 5.41) is 9.78. The number of nitrogens with zero attached hydrogens (tertiary/aromatic N) is 1. The van der Waals surface area contributed by atoms with E-state index in [2.05, 4.69) is 66.7 Å². The van der Waals surface area contributed by atoms with Crippen LogP contribution in [0.15, 0.2) is 66.7 Å². The topological polar surface area (TPSA) is 23.8 Å². The van der Waals surface area contributed by atoms with Crippen LogP contribution in [0.3, 0.4) is 0 Å². The lowest BCUT2D eigenvalue weighted by Gasteiger charge is -2.13. The molecule has 0 aliphatic heterocycles. The van der Waals surface area contributed by atoms with E-state index in [1.54, 1.807) is 0 Å². The molecule has 0 fully saturated rings. The maximum atomic E-state index is 9.78. The summed E-state index contributed by atoms with van der Waals surface area (Å²) < 4.78 is 0. The van der Waals surface area contributed by atoms with E-state index in [1.807, 2.05) is 12.1 Å². The Morgan fingerprint density at radius 1 is 0.792 bits per heavy atom. The highest BCUT2D eigenvalue weighted by molar-refractivity contribution is 5.96. The minimum absolute atomic E-state index is 0.170. The second kappa shape index (κ2) is 4.94. The quantitative estimate of drug-likeness (QED) is 0.460. The van der Waals surface area contributed by atoms with Gasteiger partial charge in [-0.25, -0.2) is 0 Å². The number of hydrogen-bond donors (Lipinski definition) is 0. The van der Waals surface area contributed by atoms with E-state index in [1.165, 1.54) is 33.4 Å². The van der Waals surface area contributed by atoms with Crippen LogP contribution in [0, 0.1) is 11.3 Å². The summed E-state index contributed by atoms with van der Waals surface area (Å²) in [7, 11) is 0. The van der Waals surface area contributed by atoms with Gasteiger partial charge in [-0.15, -0.1) is 0 Å². The molecule has 1 atom stereocenters. The third kappa shape index (κ3) is 1.74. The van der Waals surface area contributed by atoms with Crippen molar-refractivity contribution in [3.05, 3.63) is 94.5 Å². The van der Waals surface area contributed by atoms with E-state index >= 15 is 0 Å². The van der Waals surface area contributed by atoms with Crippen molar-refractivity contribution >= 4 is 11.6 Å². The van der Waals surface area contributed by atoms with E-state index in [0.29, 0.717) is 0 Å². The first-order chi connectivity index (χ1) is 11.9. The van der Waals surface area contributed by atoms with Gasteiger partial charge >= 0.3 is 0 Å². The standard InChI is InChI=1S/C23H15N/c24-14-23-18-9-4-2-7-16(18)13-22(23)20-11-5-10-19-17-8-3-1-6-15(17)12-21(19)20/h1-11,13,23H,12H2. The molecule has 2 aliphatic rings. The average molecular weight is 305 g/mol. The molecule has 0 spiro atoms. The molecule has 1 heteroatoms. The lowest BCUT2D eigenvalue weighted by Crippen LogP contribution is -1.98. The van der Waals surface area contributed by atoms with Gasteiger partial charge in [-0.1, -0.05) is 66.7 Å². The van der Waals surface area contributed by atoms with Crippen molar-refractivity contribution in [1.82, 2.24) is 0 Å². The lowest BCUT2D eigenvalue weighted by molar-refractivity contribution is 1.12. The minimum atomic E-state index is -0.170. The second-order valence-electron chi connectivity index (χ2n) is 6.46. The van der Waals surface area contributed by atoms with Gasteiger partial charge in [-0.3, -0.25) is 0 Å². The molecule has 2 aliphatic carbocycles. The molecule has 1 unspecified atom stereocenters. The van der Waals surface area contributed by atoms with Crippen LogP contribution >= 0.6 is 0 Å². The summed E-state index contributed by atoms with van der Waals surface area (Å²) >= 11 is 0. The fraction of sp³-hybridized carbons (Fsp3) is 0.0870. The Bertz CT molecular complexity index is 1050. The van der Waals surface area contributed by atoms with Crippen LogP contribution in [0.5, 0.6) is 0 Å². The van der Waals surface area contributed by atoms with Gasteiger partial charge < -0.3 is 0 Å². The summed E-state index contributed by atoms with van der Waals surface area (Å²) in [5.74, 6) is -0.170. The molecule has 3 aromatic rings. The first-order valence-electron chi connectivity index (χ1n) is 8.27. The van der Waals surface area contributed by atoms with Gasteiger partial charge in [0.25, 0.3) is 0 Å². The van der Waals surface area contributed by atoms with Crippen molar-refractivity contribution < 1.29 is 0 Å². The van der Waals surface area contributed by atoms with Gasteiger partial charge in [0.05, 0.1) is 12.0 Å². The van der Waals surface area contributed by atoms with Gasteiger partial charge in [-0.05, 0) is 57.0 Å². The predicted octanol–water partition coefficient (Wildman–Crippen LogP) is 5.42. The van der Waals surface area contributed by atoms with Crippen molar-refractivity contribution in [2.24, 2.45) is 0 Å². The molecule has 1 nitrogen and oxygen atoms in total. The number of benzene rings is 3. The highest BCUT2D eigenvalue weighted by Gasteiger charge is 2.29. The van der Waals surface area contributed by atoms with E-state index in [4.69, 9.17) is 0 Å². The van der Waals surface area contributed by atoms with Crippen molar-refractivity contribution in [2.75, 3.05) is 0 Å². The maximum Gasteiger partial charge on any atom is 0.0974 e. The minimum Gasteiger partial charge on any atom is -0.197 e. The van der Waals surface area contributed by atoms with Crippen LogP contribution in [0.4, 0.5) is 0 Å². The second-order valence-corrected chi connectivity index (χ2v) is 6.46. The molecule has 0 amide bonds. The van der Waals surface area contributed by atoms with E-state index < -0.39 is 0 Å². The van der Waals surface area contributed by atoms with E-state index in [0.717, 1.165) is 17.6 Å². The number of nitriles is 1. The SMILES string of the molecule is N#CC1C(c2cccc3c2Cc2ccccc2-3)=Cc2ccccc21. The zero-order valence-electron chi connectivity index (χ0n) is 13.2. The highest BCUT2D eigenvalue weighted by Crippen LogP contribution is 2.46. The molecular formula is C23H15N. The number of allylic oxidation sites excluding steroid dienone is 1. The molecular weight excluding hydrogens is 290 g/mol. The largest absolute Gasteiger partial charge is 0.197 e. The predicted molar refractivity (Wildman–Crippen MR) is 97.4 cm³/mol. The van der Waals surface area contributed by atoms with Crippen LogP contribution < -0.4 is 0 Å². The molecule has 0 aromatic heterocycles. The van der Waals surface area contributed by atoms with E-state index in [-0.39, 0.29) is 5.92 Å². The van der Waals surface area contributed by atoms with Gasteiger partial charge in [0.15, 0.2) is 0 Å². The number of fused-ring (bicyclic) bond motifs is 4. The zero-order chi connectivity index (χ0) is 16.1. The Labute approximate surface area is 141 Å². The van der Waals surface area contributed by atoms with E-state index in [9.17, 15) is 5.26 Å². The molecule has 112 valence electrons. The smallest absolute Gasteiger partial charge is 0.0974 e. The first kappa shape index (κ1) is 13.3. The monoisotopic (exact) mass is 305 g/mol. The molecule has 24 heavy (non-hydrogen) atoms. The molecule has 0 saturated carbocycles. The van der Waals surface area contributed by atoms with Crippen molar-refractivity contribution in [2.45, 2.75) is 12.3 Å². The summed E-state index contributed by atoms with van der Waals surface area (Å²) in [4.78, 5) is 0. The molecule has 0 radical (unpaired) electrons. The Hall–Kier alpha value is -3.11. The van der Waals surface area contributed by atoms with Gasteiger partial charge in [0.1, 0.15) is 0 Å². The van der Waals surface area contributed by atoms with Crippen molar-refractivity contribution in [3.63, 3.8) is 0 Å². The fourth-order valence-electron chi connectivity index (χ4n) is 4.12. The third-order valence-electron chi connectivity index (χ3n) is 5.22. The van der Waals surface area contributed by atoms with Gasteiger partial charge in [0, 0.05) is 0 Å². The molecule has 5 rings (SSSR count). The molecule has 0 N–H and O–H groups in total. The summed E-state index contributed by atoms with van der Waals surface area (Å²) in [6, 6.07) is 25.9. The summed E-state index contributed by atoms with van der Waals surface area (Å²) in [6.07, 6.45) is 3.15. The first-order valence-corrected chi connectivity index (χ1v) is 8.27. The molecule has 3 aromatic carbocycles. The van der Waals surface area contributed by atoms with Crippen LogP contribution in [0.1, 0.15) is 33.7 Å². The van der Waals surface area contributed by atoms with Crippen LogP contribution in [0.2, 0.25) is 0 Å². The average Bonchev–Trinajstić information content (AvgIpc) is 3.19. The fourth-order valence-corrected chi connectivity index (χ4v) is 4.12. The summed E-state index contributed by atoms with van der Waals surface area (Å²) in [6.45, 7) is 0. The summed E-state index contributed by atoms with van der Waals surface area (Å²) in [5.41, 5.74) is 10.1. The number of hydrogen-bond acceptors (Lipinski definition) is 1. The normalized spacial score (nSPS) is 16.8.